The lowest BCUT2D eigenvalue weighted by molar-refractivity contribution is 0.0601. The number of hydrogen-bond acceptors (Lipinski definition) is 4. The molecule has 2 aromatic rings. The van der Waals surface area contributed by atoms with Crippen LogP contribution in [0.2, 0.25) is 0 Å². The molecule has 0 saturated carbocycles. The van der Waals surface area contributed by atoms with E-state index in [2.05, 4.69) is 25.7 Å². The summed E-state index contributed by atoms with van der Waals surface area (Å²) in [7, 11) is 1.34. The number of phenolic OH excluding ortho intramolecular Hbond substituents is 1. The highest BCUT2D eigenvalue weighted by molar-refractivity contribution is 9.10. The van der Waals surface area contributed by atoms with Gasteiger partial charge in [-0.1, -0.05) is 15.9 Å². The maximum absolute atomic E-state index is 11.3. The van der Waals surface area contributed by atoms with E-state index >= 15 is 0 Å². The maximum Gasteiger partial charge on any atom is 0.337 e. The highest BCUT2D eigenvalue weighted by Gasteiger charge is 2.04. The van der Waals surface area contributed by atoms with E-state index in [1.54, 1.807) is 48.7 Å². The first kappa shape index (κ1) is 14.3. The zero-order valence-electron chi connectivity index (χ0n) is 10.7. The molecule has 4 nitrogen and oxygen atoms in total. The minimum Gasteiger partial charge on any atom is -0.507 e. The third-order valence-corrected chi connectivity index (χ3v) is 3.12. The largest absolute Gasteiger partial charge is 0.507 e. The van der Waals surface area contributed by atoms with E-state index in [0.717, 1.165) is 4.47 Å². The number of benzene rings is 2. The van der Waals surface area contributed by atoms with Gasteiger partial charge in [0.25, 0.3) is 0 Å². The van der Waals surface area contributed by atoms with Crippen LogP contribution in [0, 0.1) is 0 Å². The van der Waals surface area contributed by atoms with Crippen molar-refractivity contribution in [2.45, 2.75) is 0 Å². The molecule has 0 amide bonds. The van der Waals surface area contributed by atoms with Crippen LogP contribution >= 0.6 is 15.9 Å². The Hall–Kier alpha value is -2.14. The average molecular weight is 334 g/mol. The molecule has 0 fully saturated rings. The SMILES string of the molecule is COC(=O)c1ccc(/N=C/c2cc(Br)ccc2O)cc1. The molecule has 0 radical (unpaired) electrons. The molecule has 0 unspecified atom stereocenters. The molecular weight excluding hydrogens is 322 g/mol. The molecule has 2 aromatic carbocycles. The average Bonchev–Trinajstić information content (AvgIpc) is 2.48. The van der Waals surface area contributed by atoms with Crippen molar-refractivity contribution in [3.63, 3.8) is 0 Å². The lowest BCUT2D eigenvalue weighted by atomic mass is 10.2. The van der Waals surface area contributed by atoms with Gasteiger partial charge in [-0.05, 0) is 42.5 Å². The van der Waals surface area contributed by atoms with E-state index in [1.807, 2.05) is 0 Å². The molecule has 0 heterocycles. The minimum atomic E-state index is -0.384. The van der Waals surface area contributed by atoms with Gasteiger partial charge in [0.05, 0.1) is 18.4 Å². The van der Waals surface area contributed by atoms with Gasteiger partial charge in [0.15, 0.2) is 0 Å². The van der Waals surface area contributed by atoms with Crippen LogP contribution < -0.4 is 0 Å². The van der Waals surface area contributed by atoms with E-state index < -0.39 is 0 Å². The lowest BCUT2D eigenvalue weighted by Gasteiger charge is -2.00. The number of hydrogen-bond donors (Lipinski definition) is 1. The molecule has 0 saturated heterocycles. The van der Waals surface area contributed by atoms with Crippen LogP contribution in [-0.2, 0) is 4.74 Å². The van der Waals surface area contributed by atoms with Crippen molar-refractivity contribution in [3.05, 3.63) is 58.1 Å². The third-order valence-electron chi connectivity index (χ3n) is 2.63. The number of ether oxygens (including phenoxy) is 1. The number of methoxy groups -OCH3 is 1. The summed E-state index contributed by atoms with van der Waals surface area (Å²) in [5, 5.41) is 9.69. The van der Waals surface area contributed by atoms with E-state index in [4.69, 9.17) is 0 Å². The monoisotopic (exact) mass is 333 g/mol. The van der Waals surface area contributed by atoms with Crippen molar-refractivity contribution < 1.29 is 14.6 Å². The van der Waals surface area contributed by atoms with Crippen LogP contribution in [0.4, 0.5) is 5.69 Å². The fraction of sp³-hybridized carbons (Fsp3) is 0.0667. The van der Waals surface area contributed by atoms with Crippen LogP contribution in [0.25, 0.3) is 0 Å². The fourth-order valence-corrected chi connectivity index (χ4v) is 1.95. The summed E-state index contributed by atoms with van der Waals surface area (Å²) in [6.07, 6.45) is 1.56. The summed E-state index contributed by atoms with van der Waals surface area (Å²) in [4.78, 5) is 15.5. The van der Waals surface area contributed by atoms with Gasteiger partial charge >= 0.3 is 5.97 Å². The van der Waals surface area contributed by atoms with Crippen molar-refractivity contribution in [1.29, 1.82) is 0 Å². The number of nitrogens with zero attached hydrogens (tertiary/aromatic N) is 1. The molecule has 0 bridgehead atoms. The Morgan fingerprint density at radius 3 is 2.60 bits per heavy atom. The van der Waals surface area contributed by atoms with Crippen molar-refractivity contribution >= 4 is 33.8 Å². The highest BCUT2D eigenvalue weighted by atomic mass is 79.9. The number of aromatic hydroxyl groups is 1. The molecule has 20 heavy (non-hydrogen) atoms. The quantitative estimate of drug-likeness (QED) is 0.688. The molecule has 0 aliphatic rings. The Bertz CT molecular complexity index is 651. The third kappa shape index (κ3) is 3.45. The zero-order chi connectivity index (χ0) is 14.5. The van der Waals surface area contributed by atoms with Gasteiger partial charge in [0.1, 0.15) is 5.75 Å². The Balaban J connectivity index is 2.19. The van der Waals surface area contributed by atoms with Crippen LogP contribution in [0.15, 0.2) is 51.9 Å². The van der Waals surface area contributed by atoms with Crippen molar-refractivity contribution in [1.82, 2.24) is 0 Å². The number of phenols is 1. The Morgan fingerprint density at radius 1 is 1.25 bits per heavy atom. The molecule has 5 heteroatoms. The van der Waals surface area contributed by atoms with Crippen LogP contribution in [0.3, 0.4) is 0 Å². The van der Waals surface area contributed by atoms with E-state index in [-0.39, 0.29) is 11.7 Å². The van der Waals surface area contributed by atoms with E-state index in [0.29, 0.717) is 16.8 Å². The molecule has 102 valence electrons. The second kappa shape index (κ2) is 6.34. The summed E-state index contributed by atoms with van der Waals surface area (Å²) >= 11 is 3.33. The van der Waals surface area contributed by atoms with Gasteiger partial charge in [-0.15, -0.1) is 0 Å². The fourth-order valence-electron chi connectivity index (χ4n) is 1.57. The second-order valence-corrected chi connectivity index (χ2v) is 4.92. The highest BCUT2D eigenvalue weighted by Crippen LogP contribution is 2.21. The Labute approximate surface area is 124 Å². The van der Waals surface area contributed by atoms with Crippen molar-refractivity contribution in [2.24, 2.45) is 4.99 Å². The van der Waals surface area contributed by atoms with Crippen LogP contribution in [0.1, 0.15) is 15.9 Å². The van der Waals surface area contributed by atoms with Gasteiger partial charge in [-0.2, -0.15) is 0 Å². The molecular formula is C15H12BrNO3. The minimum absolute atomic E-state index is 0.156. The van der Waals surface area contributed by atoms with Crippen LogP contribution in [-0.4, -0.2) is 24.4 Å². The second-order valence-electron chi connectivity index (χ2n) is 4.00. The van der Waals surface area contributed by atoms with E-state index in [1.165, 1.54) is 7.11 Å². The molecule has 2 rings (SSSR count). The number of rotatable bonds is 3. The Kier molecular flexibility index (Phi) is 4.53. The van der Waals surface area contributed by atoms with Gasteiger partial charge in [0, 0.05) is 16.3 Å². The molecule has 0 aliphatic carbocycles. The van der Waals surface area contributed by atoms with Gasteiger partial charge in [0.2, 0.25) is 0 Å². The number of aliphatic imine (C=N–C) groups is 1. The van der Waals surface area contributed by atoms with Crippen molar-refractivity contribution in [3.8, 4) is 5.75 Å². The van der Waals surface area contributed by atoms with Gasteiger partial charge in [-0.3, -0.25) is 4.99 Å². The lowest BCUT2D eigenvalue weighted by Crippen LogP contribution is -1.99. The summed E-state index contributed by atoms with van der Waals surface area (Å²) < 4.78 is 5.48. The van der Waals surface area contributed by atoms with E-state index in [9.17, 15) is 9.90 Å². The molecule has 0 aromatic heterocycles. The van der Waals surface area contributed by atoms with Gasteiger partial charge in [-0.25, -0.2) is 4.79 Å². The summed E-state index contributed by atoms with van der Waals surface area (Å²) in [6.45, 7) is 0. The van der Waals surface area contributed by atoms with Gasteiger partial charge < -0.3 is 9.84 Å². The zero-order valence-corrected chi connectivity index (χ0v) is 12.3. The van der Waals surface area contributed by atoms with Crippen LogP contribution in [0.5, 0.6) is 5.75 Å². The number of esters is 1. The molecule has 0 aliphatic heterocycles. The smallest absolute Gasteiger partial charge is 0.337 e. The molecule has 0 atom stereocenters. The first-order valence-electron chi connectivity index (χ1n) is 5.81. The number of halogens is 1. The standard InChI is InChI=1S/C15H12BrNO3/c1-20-15(19)10-2-5-13(6-3-10)17-9-11-8-12(16)4-7-14(11)18/h2-9,18H,1H3/b17-9+. The molecule has 1 N–H and O–H groups in total. The number of carbonyl (C=O) groups is 1. The summed E-state index contributed by atoms with van der Waals surface area (Å²) in [5.74, 6) is -0.228. The number of carbonyl (C=O) groups excluding carboxylic acids is 1. The predicted octanol–water partition coefficient (Wildman–Crippen LogP) is 3.69. The first-order valence-corrected chi connectivity index (χ1v) is 6.60. The normalized spacial score (nSPS) is 10.7. The summed E-state index contributed by atoms with van der Waals surface area (Å²) in [5.41, 5.74) is 1.75. The topological polar surface area (TPSA) is 58.9 Å². The summed E-state index contributed by atoms with van der Waals surface area (Å²) in [6, 6.07) is 11.8. The maximum atomic E-state index is 11.3. The first-order chi connectivity index (χ1) is 9.60. The molecule has 0 spiro atoms. The Morgan fingerprint density at radius 2 is 1.95 bits per heavy atom. The van der Waals surface area contributed by atoms with Crippen molar-refractivity contribution in [2.75, 3.05) is 7.11 Å². The predicted molar refractivity (Wildman–Crippen MR) is 80.8 cm³/mol.